The van der Waals surface area contributed by atoms with Crippen LogP contribution in [0.3, 0.4) is 0 Å². The first-order valence-electron chi connectivity index (χ1n) is 4.52. The van der Waals surface area contributed by atoms with Crippen molar-refractivity contribution in [2.24, 2.45) is 10.7 Å². The summed E-state index contributed by atoms with van der Waals surface area (Å²) >= 11 is 0. The molecule has 0 aromatic heterocycles. The third kappa shape index (κ3) is 1.46. The van der Waals surface area contributed by atoms with Gasteiger partial charge < -0.3 is 5.73 Å². The average molecular weight is 184 g/mol. The maximum Gasteiger partial charge on any atom is 0.125 e. The van der Waals surface area contributed by atoms with Gasteiger partial charge in [0.1, 0.15) is 5.84 Å². The van der Waals surface area contributed by atoms with Crippen LogP contribution in [0.5, 0.6) is 0 Å². The van der Waals surface area contributed by atoms with Crippen LogP contribution in [-0.2, 0) is 0 Å². The van der Waals surface area contributed by atoms with Crippen LogP contribution in [0.15, 0.2) is 47.5 Å². The molecule has 2 aromatic rings. The van der Waals surface area contributed by atoms with E-state index in [0.29, 0.717) is 5.84 Å². The summed E-state index contributed by atoms with van der Waals surface area (Å²) in [7, 11) is 1.70. The second kappa shape index (κ2) is 3.50. The van der Waals surface area contributed by atoms with Crippen molar-refractivity contribution in [2.45, 2.75) is 0 Å². The van der Waals surface area contributed by atoms with Crippen molar-refractivity contribution in [3.63, 3.8) is 0 Å². The van der Waals surface area contributed by atoms with Crippen molar-refractivity contribution in [1.29, 1.82) is 0 Å². The van der Waals surface area contributed by atoms with Crippen LogP contribution in [0.25, 0.3) is 10.8 Å². The molecule has 0 aliphatic rings. The van der Waals surface area contributed by atoms with Crippen molar-refractivity contribution >= 4 is 16.6 Å². The minimum atomic E-state index is 0.579. The molecule has 0 heterocycles. The molecular weight excluding hydrogens is 172 g/mol. The Balaban J connectivity index is 2.62. The Labute approximate surface area is 83.1 Å². The predicted molar refractivity (Wildman–Crippen MR) is 60.6 cm³/mol. The van der Waals surface area contributed by atoms with E-state index >= 15 is 0 Å². The Hall–Kier alpha value is -1.83. The minimum absolute atomic E-state index is 0.579. The van der Waals surface area contributed by atoms with Crippen LogP contribution in [0.2, 0.25) is 0 Å². The zero-order chi connectivity index (χ0) is 9.97. The largest absolute Gasteiger partial charge is 0.384 e. The first-order valence-corrected chi connectivity index (χ1v) is 4.52. The van der Waals surface area contributed by atoms with E-state index in [9.17, 15) is 0 Å². The molecule has 0 fully saturated rings. The average Bonchev–Trinajstić information content (AvgIpc) is 2.27. The highest BCUT2D eigenvalue weighted by atomic mass is 14.8. The zero-order valence-electron chi connectivity index (χ0n) is 8.07. The summed E-state index contributed by atoms with van der Waals surface area (Å²) in [5.41, 5.74) is 6.71. The Kier molecular flexibility index (Phi) is 2.19. The number of hydrogen-bond acceptors (Lipinski definition) is 1. The van der Waals surface area contributed by atoms with Crippen LogP contribution >= 0.6 is 0 Å². The molecule has 0 unspecified atom stereocenters. The lowest BCUT2D eigenvalue weighted by atomic mass is 10.1. The fraction of sp³-hybridized carbons (Fsp3) is 0.0833. The molecule has 0 radical (unpaired) electrons. The normalized spacial score (nSPS) is 11.9. The quantitative estimate of drug-likeness (QED) is 0.535. The molecule has 0 saturated carbocycles. The van der Waals surface area contributed by atoms with E-state index in [4.69, 9.17) is 5.73 Å². The second-order valence-corrected chi connectivity index (χ2v) is 3.17. The van der Waals surface area contributed by atoms with E-state index < -0.39 is 0 Å². The molecule has 0 aliphatic heterocycles. The van der Waals surface area contributed by atoms with Crippen molar-refractivity contribution in [2.75, 3.05) is 7.05 Å². The van der Waals surface area contributed by atoms with E-state index in [-0.39, 0.29) is 0 Å². The van der Waals surface area contributed by atoms with Crippen LogP contribution in [-0.4, -0.2) is 12.9 Å². The molecule has 0 bridgehead atoms. The first kappa shape index (κ1) is 8.75. The summed E-state index contributed by atoms with van der Waals surface area (Å²) in [6.07, 6.45) is 0. The van der Waals surface area contributed by atoms with Gasteiger partial charge in [-0.1, -0.05) is 36.4 Å². The highest BCUT2D eigenvalue weighted by molar-refractivity contribution is 6.00. The van der Waals surface area contributed by atoms with Gasteiger partial charge in [-0.25, -0.2) is 0 Å². The van der Waals surface area contributed by atoms with E-state index in [2.05, 4.69) is 29.3 Å². The lowest BCUT2D eigenvalue weighted by molar-refractivity contribution is 1.39. The summed E-state index contributed by atoms with van der Waals surface area (Å²) in [6.45, 7) is 0. The van der Waals surface area contributed by atoms with Crippen molar-refractivity contribution < 1.29 is 0 Å². The molecule has 70 valence electrons. The topological polar surface area (TPSA) is 38.4 Å². The van der Waals surface area contributed by atoms with Gasteiger partial charge in [-0.15, -0.1) is 0 Å². The lowest BCUT2D eigenvalue weighted by Crippen LogP contribution is -2.12. The number of fused-ring (bicyclic) bond motifs is 1. The predicted octanol–water partition coefficient (Wildman–Crippen LogP) is 2.17. The third-order valence-corrected chi connectivity index (χ3v) is 2.29. The number of nitrogens with zero attached hydrogens (tertiary/aromatic N) is 1. The van der Waals surface area contributed by atoms with E-state index in [0.717, 1.165) is 5.56 Å². The molecule has 2 rings (SSSR count). The van der Waals surface area contributed by atoms with Gasteiger partial charge in [0, 0.05) is 12.6 Å². The first-order chi connectivity index (χ1) is 6.81. The maximum atomic E-state index is 5.74. The Bertz CT molecular complexity index is 486. The van der Waals surface area contributed by atoms with Gasteiger partial charge in [0.2, 0.25) is 0 Å². The van der Waals surface area contributed by atoms with Crippen molar-refractivity contribution in [3.8, 4) is 0 Å². The number of hydrogen-bond donors (Lipinski definition) is 1. The SMILES string of the molecule is CN=C(N)c1ccc2ccccc2c1. The van der Waals surface area contributed by atoms with Gasteiger partial charge >= 0.3 is 0 Å². The highest BCUT2D eigenvalue weighted by Gasteiger charge is 1.98. The van der Waals surface area contributed by atoms with Crippen LogP contribution in [0.4, 0.5) is 0 Å². The van der Waals surface area contributed by atoms with Crippen molar-refractivity contribution in [1.82, 2.24) is 0 Å². The monoisotopic (exact) mass is 184 g/mol. The Morgan fingerprint density at radius 1 is 1.07 bits per heavy atom. The number of amidine groups is 1. The summed E-state index contributed by atoms with van der Waals surface area (Å²) < 4.78 is 0. The molecule has 2 heteroatoms. The number of benzene rings is 2. The Morgan fingerprint density at radius 2 is 1.79 bits per heavy atom. The van der Waals surface area contributed by atoms with Gasteiger partial charge in [0.15, 0.2) is 0 Å². The standard InChI is InChI=1S/C12H12N2/c1-14-12(13)11-7-6-9-4-2-3-5-10(9)8-11/h2-8H,1H3,(H2,13,14). The summed E-state index contributed by atoms with van der Waals surface area (Å²) in [4.78, 5) is 3.96. The maximum absolute atomic E-state index is 5.74. The molecule has 0 saturated heterocycles. The number of aliphatic imine (C=N–C) groups is 1. The summed E-state index contributed by atoms with van der Waals surface area (Å²) in [5, 5.41) is 2.41. The number of rotatable bonds is 1. The van der Waals surface area contributed by atoms with Gasteiger partial charge in [0.25, 0.3) is 0 Å². The molecule has 2 aromatic carbocycles. The molecule has 0 spiro atoms. The molecule has 2 N–H and O–H groups in total. The number of nitrogens with two attached hydrogens (primary N) is 1. The fourth-order valence-electron chi connectivity index (χ4n) is 1.48. The van der Waals surface area contributed by atoms with Crippen LogP contribution < -0.4 is 5.73 Å². The molecule has 0 amide bonds. The van der Waals surface area contributed by atoms with E-state index in [1.807, 2.05) is 18.2 Å². The molecule has 14 heavy (non-hydrogen) atoms. The molecule has 2 nitrogen and oxygen atoms in total. The minimum Gasteiger partial charge on any atom is -0.384 e. The molecule has 0 atom stereocenters. The fourth-order valence-corrected chi connectivity index (χ4v) is 1.48. The lowest BCUT2D eigenvalue weighted by Gasteiger charge is -2.02. The second-order valence-electron chi connectivity index (χ2n) is 3.17. The van der Waals surface area contributed by atoms with E-state index in [1.54, 1.807) is 7.05 Å². The van der Waals surface area contributed by atoms with Gasteiger partial charge in [-0.3, -0.25) is 4.99 Å². The smallest absolute Gasteiger partial charge is 0.125 e. The van der Waals surface area contributed by atoms with Crippen molar-refractivity contribution in [3.05, 3.63) is 48.0 Å². The summed E-state index contributed by atoms with van der Waals surface area (Å²) in [6, 6.07) is 14.3. The zero-order valence-corrected chi connectivity index (χ0v) is 8.07. The van der Waals surface area contributed by atoms with Gasteiger partial charge in [0.05, 0.1) is 0 Å². The van der Waals surface area contributed by atoms with E-state index in [1.165, 1.54) is 10.8 Å². The molecular formula is C12H12N2. The summed E-state index contributed by atoms with van der Waals surface area (Å²) in [5.74, 6) is 0.579. The third-order valence-electron chi connectivity index (χ3n) is 2.29. The van der Waals surface area contributed by atoms with Gasteiger partial charge in [-0.2, -0.15) is 0 Å². The highest BCUT2D eigenvalue weighted by Crippen LogP contribution is 2.15. The Morgan fingerprint density at radius 3 is 2.50 bits per heavy atom. The van der Waals surface area contributed by atoms with Gasteiger partial charge in [-0.05, 0) is 16.8 Å². The molecule has 0 aliphatic carbocycles. The van der Waals surface area contributed by atoms with Crippen LogP contribution in [0, 0.1) is 0 Å². The van der Waals surface area contributed by atoms with Crippen LogP contribution in [0.1, 0.15) is 5.56 Å².